The Kier molecular flexibility index (Phi) is 7.82. The van der Waals surface area contributed by atoms with E-state index >= 15 is 0 Å². The zero-order chi connectivity index (χ0) is 28.6. The van der Waals surface area contributed by atoms with Crippen molar-refractivity contribution in [2.45, 2.75) is 19.9 Å². The van der Waals surface area contributed by atoms with Crippen LogP contribution in [0.15, 0.2) is 74.1 Å². The van der Waals surface area contributed by atoms with Crippen molar-refractivity contribution >= 4 is 50.1 Å². The van der Waals surface area contributed by atoms with E-state index in [2.05, 4.69) is 20.9 Å². The highest BCUT2D eigenvalue weighted by Crippen LogP contribution is 2.41. The number of benzene rings is 3. The molecule has 40 heavy (non-hydrogen) atoms. The van der Waals surface area contributed by atoms with Gasteiger partial charge < -0.3 is 18.9 Å². The fraction of sp³-hybridized carbons (Fsp3) is 0.233. The first kappa shape index (κ1) is 27.7. The SMILES string of the molecule is CCOC(=O)C1=C(C)N=c2s/c(=C/c3c(OC)ccc4ccccc34)c(=O)n2[C@H]1c1cc(OC)c(OC)cc1Br. The van der Waals surface area contributed by atoms with Crippen molar-refractivity contribution in [3.63, 3.8) is 0 Å². The van der Waals surface area contributed by atoms with Crippen LogP contribution < -0.4 is 29.1 Å². The molecule has 1 aromatic heterocycles. The average molecular weight is 624 g/mol. The molecule has 0 spiro atoms. The molecule has 5 rings (SSSR count). The summed E-state index contributed by atoms with van der Waals surface area (Å²) in [7, 11) is 4.68. The van der Waals surface area contributed by atoms with E-state index in [9.17, 15) is 9.59 Å². The zero-order valence-corrected chi connectivity index (χ0v) is 25.0. The molecular weight excluding hydrogens is 596 g/mol. The minimum atomic E-state index is -0.818. The van der Waals surface area contributed by atoms with Gasteiger partial charge in [0.15, 0.2) is 16.3 Å². The van der Waals surface area contributed by atoms with Crippen LogP contribution in [0.4, 0.5) is 0 Å². The summed E-state index contributed by atoms with van der Waals surface area (Å²) in [5.41, 5.74) is 1.87. The van der Waals surface area contributed by atoms with Crippen molar-refractivity contribution in [1.29, 1.82) is 0 Å². The number of thiazole rings is 1. The van der Waals surface area contributed by atoms with Gasteiger partial charge in [-0.15, -0.1) is 0 Å². The normalized spacial score (nSPS) is 15.1. The van der Waals surface area contributed by atoms with Gasteiger partial charge in [0.05, 0.1) is 49.8 Å². The molecule has 1 atom stereocenters. The molecule has 0 amide bonds. The molecule has 10 heteroatoms. The van der Waals surface area contributed by atoms with Gasteiger partial charge >= 0.3 is 5.97 Å². The van der Waals surface area contributed by atoms with Crippen molar-refractivity contribution in [2.24, 2.45) is 4.99 Å². The molecule has 0 fully saturated rings. The van der Waals surface area contributed by atoms with Gasteiger partial charge in [0, 0.05) is 10.0 Å². The second kappa shape index (κ2) is 11.3. The van der Waals surface area contributed by atoms with Gasteiger partial charge in [0.1, 0.15) is 5.75 Å². The third kappa shape index (κ3) is 4.71. The Morgan fingerprint density at radius 2 is 1.75 bits per heavy atom. The number of aromatic nitrogens is 1. The molecule has 4 aromatic rings. The highest BCUT2D eigenvalue weighted by atomic mass is 79.9. The molecule has 0 aliphatic carbocycles. The summed E-state index contributed by atoms with van der Waals surface area (Å²) in [4.78, 5) is 32.6. The first-order valence-corrected chi connectivity index (χ1v) is 14.1. The van der Waals surface area contributed by atoms with Crippen LogP contribution in [-0.4, -0.2) is 38.5 Å². The highest BCUT2D eigenvalue weighted by molar-refractivity contribution is 9.10. The fourth-order valence-corrected chi connectivity index (χ4v) is 6.47. The number of nitrogens with zero attached hydrogens (tertiary/aromatic N) is 2. The van der Waals surface area contributed by atoms with Crippen molar-refractivity contribution in [2.75, 3.05) is 27.9 Å². The van der Waals surface area contributed by atoms with Crippen LogP contribution in [0.25, 0.3) is 16.8 Å². The van der Waals surface area contributed by atoms with Crippen LogP contribution in [0.2, 0.25) is 0 Å². The zero-order valence-electron chi connectivity index (χ0n) is 22.6. The Hall–Kier alpha value is -3.89. The predicted octanol–water partition coefficient (Wildman–Crippen LogP) is 4.74. The Morgan fingerprint density at radius 3 is 2.45 bits per heavy atom. The van der Waals surface area contributed by atoms with Gasteiger partial charge in [0.2, 0.25) is 0 Å². The van der Waals surface area contributed by atoms with Gasteiger partial charge in [-0.25, -0.2) is 9.79 Å². The van der Waals surface area contributed by atoms with Gasteiger partial charge in [-0.3, -0.25) is 9.36 Å². The lowest BCUT2D eigenvalue weighted by Gasteiger charge is -2.26. The third-order valence-electron chi connectivity index (χ3n) is 6.74. The van der Waals surface area contributed by atoms with E-state index in [1.165, 1.54) is 18.4 Å². The lowest BCUT2D eigenvalue weighted by Crippen LogP contribution is -2.40. The smallest absolute Gasteiger partial charge is 0.338 e. The third-order valence-corrected chi connectivity index (χ3v) is 8.41. The number of rotatable bonds is 7. The largest absolute Gasteiger partial charge is 0.496 e. The Morgan fingerprint density at radius 1 is 1.05 bits per heavy atom. The van der Waals surface area contributed by atoms with Gasteiger partial charge in [-0.2, -0.15) is 0 Å². The average Bonchev–Trinajstić information content (AvgIpc) is 3.26. The van der Waals surface area contributed by atoms with Crippen LogP contribution in [-0.2, 0) is 9.53 Å². The molecule has 0 unspecified atom stereocenters. The highest BCUT2D eigenvalue weighted by Gasteiger charge is 2.35. The van der Waals surface area contributed by atoms with Crippen LogP contribution >= 0.6 is 27.3 Å². The Balaban J connectivity index is 1.82. The fourth-order valence-electron chi connectivity index (χ4n) is 4.90. The molecular formula is C30H27BrN2O6S. The summed E-state index contributed by atoms with van der Waals surface area (Å²) in [5.74, 6) is 1.07. The van der Waals surface area contributed by atoms with E-state index in [1.807, 2.05) is 42.5 Å². The van der Waals surface area contributed by atoms with Crippen molar-refractivity contribution < 1.29 is 23.7 Å². The summed E-state index contributed by atoms with van der Waals surface area (Å²) in [6.45, 7) is 3.67. The number of esters is 1. The molecule has 1 aliphatic rings. The maximum absolute atomic E-state index is 14.2. The summed E-state index contributed by atoms with van der Waals surface area (Å²) in [6.07, 6.45) is 1.83. The number of ether oxygens (including phenoxy) is 4. The van der Waals surface area contributed by atoms with Crippen molar-refractivity contribution in [1.82, 2.24) is 4.57 Å². The predicted molar refractivity (Wildman–Crippen MR) is 158 cm³/mol. The second-order valence-electron chi connectivity index (χ2n) is 8.93. The van der Waals surface area contributed by atoms with Crippen LogP contribution in [0.1, 0.15) is 31.0 Å². The van der Waals surface area contributed by atoms with E-state index < -0.39 is 12.0 Å². The molecule has 0 saturated carbocycles. The number of hydrogen-bond acceptors (Lipinski definition) is 8. The summed E-state index contributed by atoms with van der Waals surface area (Å²) in [5, 5.41) is 1.98. The second-order valence-corrected chi connectivity index (χ2v) is 10.8. The molecule has 206 valence electrons. The summed E-state index contributed by atoms with van der Waals surface area (Å²) >= 11 is 4.88. The number of carbonyl (C=O) groups is 1. The number of allylic oxidation sites excluding steroid dienone is 1. The molecule has 0 radical (unpaired) electrons. The quantitative estimate of drug-likeness (QED) is 0.277. The van der Waals surface area contributed by atoms with Crippen LogP contribution in [0.3, 0.4) is 0 Å². The summed E-state index contributed by atoms with van der Waals surface area (Å²) < 4.78 is 24.7. The monoisotopic (exact) mass is 622 g/mol. The first-order valence-electron chi connectivity index (χ1n) is 12.5. The number of fused-ring (bicyclic) bond motifs is 2. The standard InChI is InChI=1S/C30H27BrN2O6S/c1-6-39-29(35)26-16(2)32-30-33(27(26)20-13-23(37-4)24(38-5)15-21(20)31)28(34)25(40-30)14-19-18-10-8-7-9-17(18)11-12-22(19)36-3/h7-15,27H,6H2,1-5H3/b25-14+/t27-/m0/s1. The topological polar surface area (TPSA) is 88.4 Å². The molecule has 3 aromatic carbocycles. The van der Waals surface area contributed by atoms with Crippen molar-refractivity contribution in [3.8, 4) is 17.2 Å². The maximum Gasteiger partial charge on any atom is 0.338 e. The van der Waals surface area contributed by atoms with Gasteiger partial charge in [-0.1, -0.05) is 57.6 Å². The van der Waals surface area contributed by atoms with Crippen LogP contribution in [0, 0.1) is 0 Å². The number of methoxy groups -OCH3 is 3. The molecule has 0 bridgehead atoms. The first-order chi connectivity index (χ1) is 19.3. The lowest BCUT2D eigenvalue weighted by molar-refractivity contribution is -0.139. The number of halogens is 1. The molecule has 0 N–H and O–H groups in total. The van der Waals surface area contributed by atoms with E-state index in [0.29, 0.717) is 42.3 Å². The lowest BCUT2D eigenvalue weighted by atomic mass is 9.95. The van der Waals surface area contributed by atoms with Crippen molar-refractivity contribution in [3.05, 3.63) is 95.1 Å². The molecule has 8 nitrogen and oxygen atoms in total. The van der Waals surface area contributed by atoms with E-state index in [1.54, 1.807) is 44.8 Å². The molecule has 1 aliphatic heterocycles. The molecule has 2 heterocycles. The minimum absolute atomic E-state index is 0.181. The maximum atomic E-state index is 14.2. The number of carbonyl (C=O) groups excluding carboxylic acids is 1. The van der Waals surface area contributed by atoms with E-state index in [0.717, 1.165) is 16.3 Å². The van der Waals surface area contributed by atoms with Gasteiger partial charge in [0.25, 0.3) is 5.56 Å². The summed E-state index contributed by atoms with van der Waals surface area (Å²) in [6, 6.07) is 14.5. The Labute approximate surface area is 242 Å². The van der Waals surface area contributed by atoms with Gasteiger partial charge in [-0.05, 0) is 54.5 Å². The van der Waals surface area contributed by atoms with E-state index in [4.69, 9.17) is 18.9 Å². The Bertz CT molecular complexity index is 1860. The minimum Gasteiger partial charge on any atom is -0.496 e. The molecule has 0 saturated heterocycles. The van der Waals surface area contributed by atoms with E-state index in [-0.39, 0.29) is 17.7 Å². The van der Waals surface area contributed by atoms with Crippen LogP contribution in [0.5, 0.6) is 17.2 Å². The number of hydrogen-bond donors (Lipinski definition) is 0.